The van der Waals surface area contributed by atoms with Crippen molar-refractivity contribution in [2.45, 2.75) is 12.8 Å². The lowest BCUT2D eigenvalue weighted by Crippen LogP contribution is -2.29. The number of fused-ring (bicyclic) bond motifs is 2. The van der Waals surface area contributed by atoms with Crippen molar-refractivity contribution < 1.29 is 29.4 Å². The Labute approximate surface area is 216 Å². The van der Waals surface area contributed by atoms with Gasteiger partial charge in [-0.05, 0) is 63.5 Å². The molecule has 0 saturated carbocycles. The van der Waals surface area contributed by atoms with E-state index in [0.717, 1.165) is 0 Å². The van der Waals surface area contributed by atoms with Crippen molar-refractivity contribution in [1.82, 2.24) is 5.32 Å². The van der Waals surface area contributed by atoms with Crippen LogP contribution in [0.1, 0.15) is 54.3 Å². The van der Waals surface area contributed by atoms with E-state index in [0.29, 0.717) is 56.2 Å². The molecule has 9 nitrogen and oxygen atoms in total. The quantitative estimate of drug-likeness (QED) is 0.113. The molecule has 0 aliphatic carbocycles. The summed E-state index contributed by atoms with van der Waals surface area (Å²) in [6.07, 6.45) is 0.656. The summed E-state index contributed by atoms with van der Waals surface area (Å²) >= 11 is 0. The summed E-state index contributed by atoms with van der Waals surface area (Å²) < 4.78 is 0. The number of carboxylic acids is 2. The van der Waals surface area contributed by atoms with E-state index in [-0.39, 0.29) is 47.4 Å². The predicted octanol–water partition coefficient (Wildman–Crippen LogP) is 3.74. The maximum atomic E-state index is 13.1. The SMILES string of the molecule is NCCCC(=O)c1ccc2c3ccc(C(=O)O)c4c(C(=O)NCCN)ccc(c5ccc(C(=O)O)c1c25)c43. The largest absolute Gasteiger partial charge is 0.478 e. The molecule has 9 heteroatoms. The van der Waals surface area contributed by atoms with E-state index in [1.54, 1.807) is 36.4 Å². The van der Waals surface area contributed by atoms with Crippen LogP contribution in [0.25, 0.3) is 43.1 Å². The van der Waals surface area contributed by atoms with Crippen molar-refractivity contribution in [3.8, 4) is 0 Å². The Bertz CT molecular complexity index is 1640. The van der Waals surface area contributed by atoms with Gasteiger partial charge in [0.05, 0.1) is 11.1 Å². The van der Waals surface area contributed by atoms with Crippen molar-refractivity contribution in [1.29, 1.82) is 0 Å². The number of carbonyl (C=O) groups excluding carboxylic acids is 2. The van der Waals surface area contributed by atoms with E-state index in [1.165, 1.54) is 12.1 Å². The molecular formula is C29H25N3O6. The molecule has 0 unspecified atom stereocenters. The molecule has 1 amide bonds. The van der Waals surface area contributed by atoms with Gasteiger partial charge in [0, 0.05) is 41.4 Å². The number of benzene rings is 5. The summed E-state index contributed by atoms with van der Waals surface area (Å²) in [5, 5.41) is 27.1. The first-order valence-electron chi connectivity index (χ1n) is 12.2. The van der Waals surface area contributed by atoms with Crippen LogP contribution in [0.2, 0.25) is 0 Å². The first-order chi connectivity index (χ1) is 18.3. The van der Waals surface area contributed by atoms with Crippen molar-refractivity contribution in [2.24, 2.45) is 11.5 Å². The molecule has 0 radical (unpaired) electrons. The van der Waals surface area contributed by atoms with Gasteiger partial charge in [-0.2, -0.15) is 0 Å². The Morgan fingerprint density at radius 1 is 0.605 bits per heavy atom. The Hall–Kier alpha value is -4.60. The number of Topliss-reactive ketones (excluding diaryl/α,β-unsaturated/α-hetero) is 1. The lowest BCUT2D eigenvalue weighted by atomic mass is 9.83. The molecule has 0 aliphatic heterocycles. The van der Waals surface area contributed by atoms with Crippen LogP contribution in [-0.4, -0.2) is 53.5 Å². The van der Waals surface area contributed by atoms with Crippen molar-refractivity contribution in [3.05, 3.63) is 70.8 Å². The Morgan fingerprint density at radius 2 is 1.05 bits per heavy atom. The summed E-state index contributed by atoms with van der Waals surface area (Å²) in [6.45, 7) is 0.791. The minimum Gasteiger partial charge on any atom is -0.478 e. The topological polar surface area (TPSA) is 173 Å². The number of aromatic carboxylic acids is 2. The number of hydrogen-bond acceptors (Lipinski definition) is 6. The summed E-state index contributed by atoms with van der Waals surface area (Å²) in [4.78, 5) is 50.6. The molecule has 192 valence electrons. The first kappa shape index (κ1) is 25.1. The summed E-state index contributed by atoms with van der Waals surface area (Å²) in [5.41, 5.74) is 11.6. The number of carbonyl (C=O) groups is 4. The van der Waals surface area contributed by atoms with Gasteiger partial charge in [-0.25, -0.2) is 9.59 Å². The minimum atomic E-state index is -1.18. The summed E-state index contributed by atoms with van der Waals surface area (Å²) in [6, 6.07) is 12.9. The van der Waals surface area contributed by atoms with Crippen molar-refractivity contribution in [3.63, 3.8) is 0 Å². The van der Waals surface area contributed by atoms with Gasteiger partial charge in [-0.15, -0.1) is 0 Å². The highest BCUT2D eigenvalue weighted by molar-refractivity contribution is 6.38. The van der Waals surface area contributed by atoms with E-state index in [9.17, 15) is 29.4 Å². The van der Waals surface area contributed by atoms with Gasteiger partial charge in [-0.3, -0.25) is 9.59 Å². The van der Waals surface area contributed by atoms with Crippen molar-refractivity contribution in [2.75, 3.05) is 19.6 Å². The van der Waals surface area contributed by atoms with Crippen LogP contribution in [-0.2, 0) is 0 Å². The highest BCUT2D eigenvalue weighted by Gasteiger charge is 2.25. The van der Waals surface area contributed by atoms with Gasteiger partial charge in [0.15, 0.2) is 5.78 Å². The van der Waals surface area contributed by atoms with Crippen LogP contribution in [0.15, 0.2) is 48.5 Å². The third-order valence-corrected chi connectivity index (χ3v) is 6.95. The summed E-state index contributed by atoms with van der Waals surface area (Å²) in [5.74, 6) is -2.99. The van der Waals surface area contributed by atoms with Gasteiger partial charge >= 0.3 is 11.9 Å². The van der Waals surface area contributed by atoms with E-state index >= 15 is 0 Å². The van der Waals surface area contributed by atoms with Gasteiger partial charge in [0.1, 0.15) is 0 Å². The Kier molecular flexibility index (Phi) is 6.40. The molecule has 7 N–H and O–H groups in total. The molecule has 0 bridgehead atoms. The maximum absolute atomic E-state index is 13.1. The molecule has 0 saturated heterocycles. The smallest absolute Gasteiger partial charge is 0.336 e. The minimum absolute atomic E-state index is 0.00123. The molecular weight excluding hydrogens is 486 g/mol. The third-order valence-electron chi connectivity index (χ3n) is 6.95. The van der Waals surface area contributed by atoms with E-state index in [2.05, 4.69) is 5.32 Å². The maximum Gasteiger partial charge on any atom is 0.336 e. The zero-order valence-electron chi connectivity index (χ0n) is 20.3. The highest BCUT2D eigenvalue weighted by Crippen LogP contribution is 2.44. The number of nitrogens with one attached hydrogen (secondary N) is 1. The molecule has 0 spiro atoms. The fourth-order valence-electron chi connectivity index (χ4n) is 5.35. The van der Waals surface area contributed by atoms with Crippen LogP contribution in [0, 0.1) is 0 Å². The number of carboxylic acid groups (broad SMARTS) is 2. The molecule has 0 atom stereocenters. The number of amides is 1. The van der Waals surface area contributed by atoms with Crippen LogP contribution < -0.4 is 16.8 Å². The third kappa shape index (κ3) is 3.80. The lowest BCUT2D eigenvalue weighted by Gasteiger charge is -2.19. The fourth-order valence-corrected chi connectivity index (χ4v) is 5.35. The molecule has 5 rings (SSSR count). The molecule has 5 aromatic carbocycles. The number of nitrogens with two attached hydrogens (primary N) is 2. The molecule has 0 aromatic heterocycles. The van der Waals surface area contributed by atoms with Crippen LogP contribution in [0.3, 0.4) is 0 Å². The Morgan fingerprint density at radius 3 is 1.50 bits per heavy atom. The molecule has 0 aliphatic rings. The van der Waals surface area contributed by atoms with E-state index < -0.39 is 17.8 Å². The first-order valence-corrected chi connectivity index (χ1v) is 12.2. The second-order valence-corrected chi connectivity index (χ2v) is 9.11. The second kappa shape index (κ2) is 9.70. The lowest BCUT2D eigenvalue weighted by molar-refractivity contribution is 0.0688. The molecule has 5 aromatic rings. The van der Waals surface area contributed by atoms with Gasteiger partial charge in [-0.1, -0.05) is 30.3 Å². The molecule has 0 fully saturated rings. The average molecular weight is 512 g/mol. The normalized spacial score (nSPS) is 11.5. The van der Waals surface area contributed by atoms with Gasteiger partial charge in [0.25, 0.3) is 5.91 Å². The zero-order chi connectivity index (χ0) is 27.1. The van der Waals surface area contributed by atoms with Gasteiger partial charge < -0.3 is 27.0 Å². The number of rotatable bonds is 9. The number of hydrogen-bond donors (Lipinski definition) is 5. The standard InChI is InChI=1S/C29H25N3O6/c30-11-1-2-22(33)18-7-3-14-17-6-10-21(29(37)38)26-19(27(34)32-13-12-31)8-4-15(24(17)26)16-5-9-20(28(35)36)25(18)23(14)16/h3-10H,1-2,11-13,30-31H2,(H,32,34)(H,35,36)(H,37,38). The molecule has 38 heavy (non-hydrogen) atoms. The number of ketones is 1. The van der Waals surface area contributed by atoms with E-state index in [1.807, 2.05) is 0 Å². The average Bonchev–Trinajstić information content (AvgIpc) is 2.91. The van der Waals surface area contributed by atoms with Crippen LogP contribution in [0.5, 0.6) is 0 Å². The summed E-state index contributed by atoms with van der Waals surface area (Å²) in [7, 11) is 0. The van der Waals surface area contributed by atoms with E-state index in [4.69, 9.17) is 11.5 Å². The molecule has 0 heterocycles. The fraction of sp³-hybridized carbons (Fsp3) is 0.172. The van der Waals surface area contributed by atoms with Crippen LogP contribution in [0.4, 0.5) is 0 Å². The second-order valence-electron chi connectivity index (χ2n) is 9.11. The monoisotopic (exact) mass is 511 g/mol. The highest BCUT2D eigenvalue weighted by atomic mass is 16.4. The van der Waals surface area contributed by atoms with Gasteiger partial charge in [0.2, 0.25) is 0 Å². The van der Waals surface area contributed by atoms with Crippen molar-refractivity contribution >= 4 is 66.7 Å². The predicted molar refractivity (Wildman–Crippen MR) is 146 cm³/mol. The Balaban J connectivity index is 1.97. The van der Waals surface area contributed by atoms with Crippen LogP contribution >= 0.6 is 0 Å². The zero-order valence-corrected chi connectivity index (χ0v) is 20.3.